The number of fused-ring (bicyclic) bond motifs is 1. The Labute approximate surface area is 161 Å². The topological polar surface area (TPSA) is 9.23 Å². The van der Waals surface area contributed by atoms with Gasteiger partial charge in [-0.05, 0) is 62.2 Å². The largest absolute Gasteiger partial charge is 0.326 e. The van der Waals surface area contributed by atoms with E-state index >= 15 is 0 Å². The average molecular weight is 446 g/mol. The van der Waals surface area contributed by atoms with Crippen molar-refractivity contribution in [3.63, 3.8) is 0 Å². The van der Waals surface area contributed by atoms with E-state index in [1.54, 1.807) is 0 Å². The van der Waals surface area contributed by atoms with Gasteiger partial charge in [0.2, 0.25) is 5.82 Å². The molecular weight excluding hydrogens is 430 g/mol. The maximum absolute atomic E-state index is 14.0. The molecule has 1 aromatic carbocycles. The number of halogens is 5. The zero-order chi connectivity index (χ0) is 19.4. The summed E-state index contributed by atoms with van der Waals surface area (Å²) in [5.41, 5.74) is 0.490. The van der Waals surface area contributed by atoms with Crippen molar-refractivity contribution in [2.24, 2.45) is 5.92 Å². The Morgan fingerprint density at radius 3 is 2.27 bits per heavy atom. The molecule has 1 saturated heterocycles. The summed E-state index contributed by atoms with van der Waals surface area (Å²) in [6.07, 6.45) is 2.34. The highest BCUT2D eigenvalue weighted by Gasteiger charge is 2.53. The molecule has 3 rings (SSSR count). The van der Waals surface area contributed by atoms with Gasteiger partial charge in [-0.1, -0.05) is 23.5 Å². The summed E-state index contributed by atoms with van der Waals surface area (Å²) < 4.78 is 71.3. The lowest BCUT2D eigenvalue weighted by Gasteiger charge is -2.37. The van der Waals surface area contributed by atoms with E-state index in [1.165, 1.54) is 11.4 Å². The van der Waals surface area contributed by atoms with Gasteiger partial charge < -0.3 is 4.52 Å². The summed E-state index contributed by atoms with van der Waals surface area (Å²) in [5, 5.41) is -0.00227. The Kier molecular flexibility index (Phi) is 5.61. The lowest BCUT2D eigenvalue weighted by atomic mass is 9.77. The summed E-state index contributed by atoms with van der Waals surface area (Å²) in [5.74, 6) is -9.53. The van der Waals surface area contributed by atoms with Gasteiger partial charge in [0.05, 0.1) is 10.5 Å². The Morgan fingerprint density at radius 1 is 1.19 bits per heavy atom. The molecule has 144 valence electrons. The van der Waals surface area contributed by atoms with Crippen molar-refractivity contribution < 1.29 is 26.5 Å². The number of hydrogen-bond donors (Lipinski definition) is 0. The lowest BCUT2D eigenvalue weighted by molar-refractivity contribution is 0.0696. The smallest absolute Gasteiger partial charge is 0.200 e. The van der Waals surface area contributed by atoms with E-state index in [0.29, 0.717) is 23.7 Å². The maximum atomic E-state index is 14.0. The third kappa shape index (κ3) is 3.50. The zero-order valence-corrected chi connectivity index (χ0v) is 17.3. The van der Waals surface area contributed by atoms with Crippen molar-refractivity contribution in [2.45, 2.75) is 48.9 Å². The zero-order valence-electron chi connectivity index (χ0n) is 14.0. The minimum atomic E-state index is -2.93. The lowest BCUT2D eigenvalue weighted by Crippen LogP contribution is -2.40. The van der Waals surface area contributed by atoms with Crippen LogP contribution in [0.2, 0.25) is 0 Å². The van der Waals surface area contributed by atoms with Crippen LogP contribution in [0.5, 0.6) is 0 Å². The SMILES string of the molecule is C=C(C)C1CC[C@]2(C)O[P@](=S)(Sc3c(F)c(F)c(F)c(F)c3F)SC2C1. The van der Waals surface area contributed by atoms with E-state index in [-0.39, 0.29) is 5.25 Å². The molecule has 2 fully saturated rings. The molecule has 1 aliphatic carbocycles. The van der Waals surface area contributed by atoms with Gasteiger partial charge >= 0.3 is 0 Å². The first-order chi connectivity index (χ1) is 12.0. The van der Waals surface area contributed by atoms with Gasteiger partial charge in [-0.3, -0.25) is 0 Å². The van der Waals surface area contributed by atoms with Crippen LogP contribution in [0.3, 0.4) is 0 Å². The van der Waals surface area contributed by atoms with Gasteiger partial charge in [0, 0.05) is 5.25 Å². The minimum absolute atomic E-state index is 0.00227. The molecule has 2 unspecified atom stereocenters. The molecule has 1 heterocycles. The van der Waals surface area contributed by atoms with Gasteiger partial charge in [-0.2, -0.15) is 0 Å². The van der Waals surface area contributed by atoms with Crippen LogP contribution in [-0.4, -0.2) is 10.9 Å². The normalized spacial score (nSPS) is 34.0. The van der Waals surface area contributed by atoms with Gasteiger partial charge in [0.25, 0.3) is 0 Å². The molecule has 0 amide bonds. The van der Waals surface area contributed by atoms with Crippen LogP contribution < -0.4 is 0 Å². The Hall–Kier alpha value is -0.0800. The maximum Gasteiger partial charge on any atom is 0.200 e. The van der Waals surface area contributed by atoms with Crippen molar-refractivity contribution in [3.8, 4) is 0 Å². The fraction of sp³-hybridized carbons (Fsp3) is 0.500. The second-order valence-corrected chi connectivity index (χ2v) is 17.1. The first-order valence-corrected chi connectivity index (χ1v) is 13.5. The van der Waals surface area contributed by atoms with E-state index in [0.717, 1.165) is 18.4 Å². The first kappa shape index (κ1) is 20.6. The van der Waals surface area contributed by atoms with Gasteiger partial charge in [0.15, 0.2) is 27.9 Å². The molecule has 10 heteroatoms. The molecule has 0 bridgehead atoms. The van der Waals surface area contributed by atoms with Crippen LogP contribution in [0.25, 0.3) is 0 Å². The molecule has 2 aliphatic rings. The van der Waals surface area contributed by atoms with Crippen molar-refractivity contribution in [3.05, 3.63) is 41.2 Å². The van der Waals surface area contributed by atoms with Crippen molar-refractivity contribution in [2.75, 3.05) is 0 Å². The summed E-state index contributed by atoms with van der Waals surface area (Å²) >= 11 is 7.26. The highest BCUT2D eigenvalue weighted by atomic mass is 33.2. The van der Waals surface area contributed by atoms with E-state index in [1.807, 2.05) is 13.8 Å². The van der Waals surface area contributed by atoms with E-state index < -0.39 is 44.3 Å². The molecule has 0 N–H and O–H groups in total. The predicted octanol–water partition coefficient (Wildman–Crippen LogP) is 6.97. The molecule has 0 aromatic heterocycles. The van der Waals surface area contributed by atoms with Crippen LogP contribution >= 0.6 is 27.4 Å². The Morgan fingerprint density at radius 2 is 1.73 bits per heavy atom. The second kappa shape index (κ2) is 7.07. The summed E-state index contributed by atoms with van der Waals surface area (Å²) in [6.45, 7) is 7.83. The molecule has 4 atom stereocenters. The highest BCUT2D eigenvalue weighted by Crippen LogP contribution is 2.82. The molecule has 0 spiro atoms. The number of rotatable bonds is 3. The summed E-state index contributed by atoms with van der Waals surface area (Å²) in [7, 11) is 0. The standard InChI is InChI=1S/C16H16F5OPS3/c1-7(2)8-4-5-16(3)9(6-8)25-23(24,22-16)26-15-13(20)11(18)10(17)12(19)14(15)21/h8-9H,1,4-6H2,2-3H3/t8?,9?,16-,23+/m0/s1. The molecule has 1 nitrogen and oxygen atoms in total. The average Bonchev–Trinajstić information content (AvgIpc) is 2.84. The summed E-state index contributed by atoms with van der Waals surface area (Å²) in [6, 6.07) is 0. The van der Waals surface area contributed by atoms with E-state index in [2.05, 4.69) is 6.58 Å². The fourth-order valence-corrected chi connectivity index (χ4v) is 14.2. The molecule has 1 saturated carbocycles. The summed E-state index contributed by atoms with van der Waals surface area (Å²) in [4.78, 5) is -0.962. The van der Waals surface area contributed by atoms with E-state index in [4.69, 9.17) is 16.3 Å². The van der Waals surface area contributed by atoms with Crippen LogP contribution in [0, 0.1) is 35.0 Å². The van der Waals surface area contributed by atoms with Gasteiger partial charge in [-0.25, -0.2) is 22.0 Å². The van der Waals surface area contributed by atoms with Crippen molar-refractivity contribution in [1.82, 2.24) is 0 Å². The van der Waals surface area contributed by atoms with Crippen LogP contribution in [0.1, 0.15) is 33.1 Å². The molecule has 1 aliphatic heterocycles. The van der Waals surface area contributed by atoms with Crippen molar-refractivity contribution in [1.29, 1.82) is 0 Å². The highest BCUT2D eigenvalue weighted by molar-refractivity contribution is 8.99. The number of allylic oxidation sites excluding steroid dienone is 1. The molecule has 1 aromatic rings. The van der Waals surface area contributed by atoms with Crippen LogP contribution in [0.4, 0.5) is 22.0 Å². The fourth-order valence-electron chi connectivity index (χ4n) is 3.20. The molecule has 0 radical (unpaired) electrons. The van der Waals surface area contributed by atoms with Gasteiger partial charge in [-0.15, -0.1) is 0 Å². The van der Waals surface area contributed by atoms with Crippen LogP contribution in [0.15, 0.2) is 17.0 Å². The molecular formula is C16H16F5OPS3. The Bertz CT molecular complexity index is 804. The quantitative estimate of drug-likeness (QED) is 0.163. The van der Waals surface area contributed by atoms with Crippen LogP contribution in [-0.2, 0) is 16.3 Å². The molecule has 26 heavy (non-hydrogen) atoms. The third-order valence-corrected chi connectivity index (χ3v) is 13.7. The number of hydrogen-bond acceptors (Lipinski definition) is 4. The minimum Gasteiger partial charge on any atom is -0.326 e. The van der Waals surface area contributed by atoms with Gasteiger partial charge in [0.1, 0.15) is 0 Å². The third-order valence-electron chi connectivity index (χ3n) is 4.82. The van der Waals surface area contributed by atoms with Crippen molar-refractivity contribution >= 4 is 39.2 Å². The van der Waals surface area contributed by atoms with E-state index in [9.17, 15) is 22.0 Å². The second-order valence-electron chi connectivity index (χ2n) is 6.75. The number of benzene rings is 1. The first-order valence-electron chi connectivity index (χ1n) is 7.83. The predicted molar refractivity (Wildman–Crippen MR) is 99.4 cm³/mol. The monoisotopic (exact) mass is 446 g/mol. The Balaban J connectivity index is 1.91.